The van der Waals surface area contributed by atoms with Crippen LogP contribution in [0.1, 0.15) is 24.2 Å². The van der Waals surface area contributed by atoms with Gasteiger partial charge in [-0.05, 0) is 48.7 Å². The van der Waals surface area contributed by atoms with E-state index in [1.807, 2.05) is 31.2 Å². The van der Waals surface area contributed by atoms with Gasteiger partial charge in [0.15, 0.2) is 11.5 Å². The smallest absolute Gasteiger partial charge is 0.453 e. The van der Waals surface area contributed by atoms with Gasteiger partial charge >= 0.3 is 17.7 Å². The molecule has 4 N–H and O–H groups in total. The van der Waals surface area contributed by atoms with E-state index in [1.165, 1.54) is 6.07 Å². The molecule has 1 aliphatic rings. The van der Waals surface area contributed by atoms with Crippen LogP contribution in [0.2, 0.25) is 0 Å². The third kappa shape index (κ3) is 4.52. The van der Waals surface area contributed by atoms with Crippen molar-refractivity contribution in [3.8, 4) is 11.5 Å². The number of halogens is 1. The Kier molecular flexibility index (Phi) is 6.11. The first kappa shape index (κ1) is 21.1. The van der Waals surface area contributed by atoms with Crippen LogP contribution in [0.15, 0.2) is 46.9 Å². The van der Waals surface area contributed by atoms with E-state index in [0.29, 0.717) is 13.0 Å². The SMILES string of the molecule is CC(Cc1ccc2c(c1)OC(C(=O)O)(C(=O)O)O2)NCC(O)c1ccc(Br)cc1. The molecule has 0 aromatic heterocycles. The zero-order valence-electron chi connectivity index (χ0n) is 15.5. The maximum atomic E-state index is 11.3. The van der Waals surface area contributed by atoms with Crippen LogP contribution in [0.25, 0.3) is 0 Å². The molecule has 3 rings (SSSR count). The van der Waals surface area contributed by atoms with E-state index in [-0.39, 0.29) is 17.5 Å². The lowest BCUT2D eigenvalue weighted by Crippen LogP contribution is -2.54. The summed E-state index contributed by atoms with van der Waals surface area (Å²) in [6.07, 6.45) is -0.106. The van der Waals surface area contributed by atoms with E-state index in [9.17, 15) is 24.9 Å². The molecule has 29 heavy (non-hydrogen) atoms. The average Bonchev–Trinajstić information content (AvgIpc) is 3.07. The molecule has 0 spiro atoms. The normalized spacial score (nSPS) is 16.2. The third-order valence-electron chi connectivity index (χ3n) is 4.53. The Morgan fingerprint density at radius 2 is 1.69 bits per heavy atom. The first-order valence-electron chi connectivity index (χ1n) is 8.86. The second kappa shape index (κ2) is 8.40. The number of hydrogen-bond acceptors (Lipinski definition) is 6. The molecule has 9 heteroatoms. The first-order chi connectivity index (χ1) is 13.7. The number of fused-ring (bicyclic) bond motifs is 1. The molecule has 0 fully saturated rings. The van der Waals surface area contributed by atoms with Crippen molar-refractivity contribution in [3.63, 3.8) is 0 Å². The van der Waals surface area contributed by atoms with Crippen LogP contribution in [0.3, 0.4) is 0 Å². The van der Waals surface area contributed by atoms with Crippen LogP contribution in [-0.2, 0) is 16.0 Å². The zero-order chi connectivity index (χ0) is 21.2. The lowest BCUT2D eigenvalue weighted by atomic mass is 10.1. The number of hydrogen-bond donors (Lipinski definition) is 4. The number of aliphatic hydroxyl groups is 1. The second-order valence-corrected chi connectivity index (χ2v) is 7.71. The highest BCUT2D eigenvalue weighted by Gasteiger charge is 2.57. The standard InChI is InChI=1S/C20H20BrNO7/c1-11(22-10-15(23)13-3-5-14(21)6-4-13)8-12-2-7-16-17(9-12)29-20(28-16,18(24)25)19(26)27/h2-7,9,11,15,22-23H,8,10H2,1H3,(H,24,25)(H,26,27). The molecule has 2 aromatic rings. The summed E-state index contributed by atoms with van der Waals surface area (Å²) in [5, 5.41) is 31.9. The van der Waals surface area contributed by atoms with E-state index in [2.05, 4.69) is 21.2 Å². The Bertz CT molecular complexity index is 902. The molecule has 2 atom stereocenters. The van der Waals surface area contributed by atoms with Crippen molar-refractivity contribution in [2.45, 2.75) is 31.3 Å². The molecule has 1 aliphatic heterocycles. The van der Waals surface area contributed by atoms with Gasteiger partial charge in [-0.15, -0.1) is 0 Å². The molecule has 1 heterocycles. The number of benzene rings is 2. The van der Waals surface area contributed by atoms with Gasteiger partial charge in [0.05, 0.1) is 6.10 Å². The van der Waals surface area contributed by atoms with Crippen molar-refractivity contribution in [2.75, 3.05) is 6.54 Å². The van der Waals surface area contributed by atoms with E-state index in [1.54, 1.807) is 12.1 Å². The summed E-state index contributed by atoms with van der Waals surface area (Å²) in [5.41, 5.74) is 1.60. The molecular formula is C20H20BrNO7. The molecule has 0 saturated carbocycles. The maximum Gasteiger partial charge on any atom is 0.453 e. The van der Waals surface area contributed by atoms with Gasteiger partial charge in [0, 0.05) is 17.1 Å². The number of nitrogens with one attached hydrogen (secondary N) is 1. The van der Waals surface area contributed by atoms with Gasteiger partial charge in [0.25, 0.3) is 0 Å². The Morgan fingerprint density at radius 3 is 2.31 bits per heavy atom. The highest BCUT2D eigenvalue weighted by Crippen LogP contribution is 2.40. The maximum absolute atomic E-state index is 11.3. The summed E-state index contributed by atoms with van der Waals surface area (Å²) in [5.74, 6) is -6.11. The highest BCUT2D eigenvalue weighted by molar-refractivity contribution is 9.10. The summed E-state index contributed by atoms with van der Waals surface area (Å²) in [6, 6.07) is 12.2. The molecule has 2 aromatic carbocycles. The molecule has 0 aliphatic carbocycles. The largest absolute Gasteiger partial charge is 0.475 e. The van der Waals surface area contributed by atoms with Crippen molar-refractivity contribution < 1.29 is 34.4 Å². The van der Waals surface area contributed by atoms with Crippen LogP contribution in [0.5, 0.6) is 11.5 Å². The van der Waals surface area contributed by atoms with E-state index in [4.69, 9.17) is 9.47 Å². The number of ether oxygens (including phenoxy) is 2. The fraction of sp³-hybridized carbons (Fsp3) is 0.300. The van der Waals surface area contributed by atoms with Crippen molar-refractivity contribution in [1.82, 2.24) is 5.32 Å². The molecule has 0 radical (unpaired) electrons. The molecule has 0 saturated heterocycles. The number of carboxylic acid groups (broad SMARTS) is 2. The minimum Gasteiger partial charge on any atom is -0.475 e. The van der Waals surface area contributed by atoms with E-state index < -0.39 is 23.8 Å². The van der Waals surface area contributed by atoms with E-state index in [0.717, 1.165) is 15.6 Å². The highest BCUT2D eigenvalue weighted by atomic mass is 79.9. The van der Waals surface area contributed by atoms with Gasteiger partial charge < -0.3 is 30.1 Å². The first-order valence-corrected chi connectivity index (χ1v) is 9.65. The number of rotatable bonds is 8. The van der Waals surface area contributed by atoms with Gasteiger partial charge in [0.2, 0.25) is 0 Å². The summed E-state index contributed by atoms with van der Waals surface area (Å²) in [7, 11) is 0. The molecule has 0 amide bonds. The van der Waals surface area contributed by atoms with Gasteiger partial charge in [-0.1, -0.05) is 34.1 Å². The molecule has 2 unspecified atom stereocenters. The Hall–Kier alpha value is -2.62. The third-order valence-corrected chi connectivity index (χ3v) is 5.06. The molecule has 154 valence electrons. The predicted octanol–water partition coefficient (Wildman–Crippen LogP) is 2.34. The lowest BCUT2D eigenvalue weighted by molar-refractivity contribution is -0.194. The quantitative estimate of drug-likeness (QED) is 0.437. The van der Waals surface area contributed by atoms with E-state index >= 15 is 0 Å². The number of carboxylic acids is 2. The summed E-state index contributed by atoms with van der Waals surface area (Å²) >= 11 is 3.36. The monoisotopic (exact) mass is 465 g/mol. The minimum atomic E-state index is -2.76. The summed E-state index contributed by atoms with van der Waals surface area (Å²) in [4.78, 5) is 22.6. The molecule has 0 bridgehead atoms. The van der Waals surface area contributed by atoms with Gasteiger partial charge in [-0.25, -0.2) is 9.59 Å². The van der Waals surface area contributed by atoms with Crippen LogP contribution in [0.4, 0.5) is 0 Å². The van der Waals surface area contributed by atoms with Crippen LogP contribution in [-0.4, -0.2) is 45.6 Å². The zero-order valence-corrected chi connectivity index (χ0v) is 17.0. The van der Waals surface area contributed by atoms with Crippen molar-refractivity contribution in [1.29, 1.82) is 0 Å². The minimum absolute atomic E-state index is 0.0100. The Balaban J connectivity index is 1.60. The molecule has 8 nitrogen and oxygen atoms in total. The van der Waals surface area contributed by atoms with Gasteiger partial charge in [-0.2, -0.15) is 0 Å². The van der Waals surface area contributed by atoms with Crippen molar-refractivity contribution in [2.24, 2.45) is 0 Å². The van der Waals surface area contributed by atoms with Crippen LogP contribution >= 0.6 is 15.9 Å². The second-order valence-electron chi connectivity index (χ2n) is 6.79. The number of aliphatic hydroxyl groups excluding tert-OH is 1. The topological polar surface area (TPSA) is 125 Å². The van der Waals surface area contributed by atoms with Gasteiger partial charge in [-0.3, -0.25) is 0 Å². The predicted molar refractivity (Wildman–Crippen MR) is 106 cm³/mol. The van der Waals surface area contributed by atoms with Crippen molar-refractivity contribution >= 4 is 27.9 Å². The fourth-order valence-corrected chi connectivity index (χ4v) is 3.25. The van der Waals surface area contributed by atoms with Crippen LogP contribution in [0, 0.1) is 0 Å². The van der Waals surface area contributed by atoms with Gasteiger partial charge in [0.1, 0.15) is 0 Å². The molecular weight excluding hydrogens is 446 g/mol. The lowest BCUT2D eigenvalue weighted by Gasteiger charge is -2.18. The summed E-state index contributed by atoms with van der Waals surface area (Å²) in [6.45, 7) is 2.30. The van der Waals surface area contributed by atoms with Crippen LogP contribution < -0.4 is 14.8 Å². The Morgan fingerprint density at radius 1 is 1.07 bits per heavy atom. The number of carbonyl (C=O) groups is 2. The van der Waals surface area contributed by atoms with Crippen molar-refractivity contribution in [3.05, 3.63) is 58.1 Å². The fourth-order valence-electron chi connectivity index (χ4n) is 2.98. The number of aliphatic carboxylic acids is 2. The Labute approximate surface area is 175 Å². The average molecular weight is 466 g/mol. The summed E-state index contributed by atoms with van der Waals surface area (Å²) < 4.78 is 11.1.